The molecular weight excluding hydrogens is 259 g/mol. The Labute approximate surface area is 96.1 Å². The minimum atomic E-state index is -4.48. The number of benzene rings is 1. The second kappa shape index (κ2) is 5.03. The first-order valence-electron chi connectivity index (χ1n) is 4.55. The molecule has 0 spiro atoms. The van der Waals surface area contributed by atoms with Crippen LogP contribution in [0.1, 0.15) is 6.92 Å². The molecule has 4 nitrogen and oxygen atoms in total. The molecule has 1 atom stereocenters. The Morgan fingerprint density at radius 3 is 2.18 bits per heavy atom. The summed E-state index contributed by atoms with van der Waals surface area (Å²) in [5.41, 5.74) is 0. The molecule has 0 saturated carbocycles. The van der Waals surface area contributed by atoms with Gasteiger partial charge in [-0.25, -0.2) is 26.3 Å². The molecule has 1 unspecified atom stereocenters. The predicted molar refractivity (Wildman–Crippen MR) is 53.2 cm³/mol. The van der Waals surface area contributed by atoms with Gasteiger partial charge in [-0.2, -0.15) is 0 Å². The number of hydrogen-bond acceptors (Lipinski definition) is 3. The number of nitrogens with one attached hydrogen (secondary N) is 1. The third-order valence-corrected chi connectivity index (χ3v) is 3.50. The van der Waals surface area contributed by atoms with E-state index in [2.05, 4.69) is 0 Å². The molecule has 2 N–H and O–H groups in total. The van der Waals surface area contributed by atoms with Crippen LogP contribution in [0.15, 0.2) is 17.0 Å². The predicted octanol–water partition coefficient (Wildman–Crippen LogP) is 0.763. The van der Waals surface area contributed by atoms with Crippen molar-refractivity contribution >= 4 is 10.0 Å². The van der Waals surface area contributed by atoms with Gasteiger partial charge >= 0.3 is 0 Å². The van der Waals surface area contributed by atoms with E-state index in [0.29, 0.717) is 0 Å². The van der Waals surface area contributed by atoms with Gasteiger partial charge in [0.2, 0.25) is 10.0 Å². The lowest BCUT2D eigenvalue weighted by atomic mass is 10.3. The molecular formula is C9H10F3NO3S. The van der Waals surface area contributed by atoms with Crippen LogP contribution in [0.5, 0.6) is 0 Å². The molecule has 0 aliphatic carbocycles. The fourth-order valence-electron chi connectivity index (χ4n) is 1.15. The van der Waals surface area contributed by atoms with E-state index in [-0.39, 0.29) is 12.1 Å². The van der Waals surface area contributed by atoms with Crippen LogP contribution in [0.2, 0.25) is 0 Å². The maximum Gasteiger partial charge on any atom is 0.246 e. The van der Waals surface area contributed by atoms with Crippen LogP contribution in [0, 0.1) is 17.5 Å². The van der Waals surface area contributed by atoms with Gasteiger partial charge in [-0.15, -0.1) is 0 Å². The van der Waals surface area contributed by atoms with E-state index in [0.717, 1.165) is 0 Å². The minimum absolute atomic E-state index is 0.265. The number of aliphatic hydroxyl groups excluding tert-OH is 1. The molecule has 0 aliphatic heterocycles. The zero-order valence-electron chi connectivity index (χ0n) is 8.75. The van der Waals surface area contributed by atoms with Crippen LogP contribution < -0.4 is 4.72 Å². The molecule has 0 heterocycles. The highest BCUT2D eigenvalue weighted by atomic mass is 32.2. The molecule has 17 heavy (non-hydrogen) atoms. The Hall–Kier alpha value is -1.12. The average molecular weight is 269 g/mol. The van der Waals surface area contributed by atoms with Gasteiger partial charge in [0, 0.05) is 18.2 Å². The van der Waals surface area contributed by atoms with Crippen molar-refractivity contribution in [2.75, 3.05) is 6.61 Å². The van der Waals surface area contributed by atoms with Gasteiger partial charge in [-0.3, -0.25) is 0 Å². The van der Waals surface area contributed by atoms with E-state index in [4.69, 9.17) is 5.11 Å². The molecule has 1 aromatic rings. The monoisotopic (exact) mass is 269 g/mol. The fraction of sp³-hybridized carbons (Fsp3) is 0.333. The summed E-state index contributed by atoms with van der Waals surface area (Å²) in [4.78, 5) is -1.26. The van der Waals surface area contributed by atoms with Crippen LogP contribution in [0.3, 0.4) is 0 Å². The Kier molecular flexibility index (Phi) is 4.12. The van der Waals surface area contributed by atoms with Gasteiger partial charge in [0.1, 0.15) is 17.5 Å². The Morgan fingerprint density at radius 2 is 1.76 bits per heavy atom. The topological polar surface area (TPSA) is 66.4 Å². The normalized spacial score (nSPS) is 13.7. The lowest BCUT2D eigenvalue weighted by Gasteiger charge is -2.12. The largest absolute Gasteiger partial charge is 0.395 e. The average Bonchev–Trinajstić information content (AvgIpc) is 2.14. The molecule has 0 fully saturated rings. The van der Waals surface area contributed by atoms with E-state index in [1.807, 2.05) is 4.72 Å². The molecule has 96 valence electrons. The van der Waals surface area contributed by atoms with Crippen molar-refractivity contribution in [3.63, 3.8) is 0 Å². The van der Waals surface area contributed by atoms with E-state index in [9.17, 15) is 21.6 Å². The molecule has 1 aromatic carbocycles. The van der Waals surface area contributed by atoms with Crippen LogP contribution in [-0.2, 0) is 10.0 Å². The third-order valence-electron chi connectivity index (χ3n) is 1.86. The van der Waals surface area contributed by atoms with E-state index < -0.39 is 45.0 Å². The van der Waals surface area contributed by atoms with E-state index in [1.165, 1.54) is 6.92 Å². The first-order valence-corrected chi connectivity index (χ1v) is 6.04. The van der Waals surface area contributed by atoms with Crippen molar-refractivity contribution in [3.05, 3.63) is 29.6 Å². The van der Waals surface area contributed by atoms with Crippen molar-refractivity contribution < 1.29 is 26.7 Å². The van der Waals surface area contributed by atoms with E-state index in [1.54, 1.807) is 0 Å². The zero-order valence-corrected chi connectivity index (χ0v) is 9.56. The highest BCUT2D eigenvalue weighted by Gasteiger charge is 2.26. The SMILES string of the molecule is CC(CO)NS(=O)(=O)c1c(F)cc(F)cc1F. The Morgan fingerprint density at radius 1 is 1.29 bits per heavy atom. The van der Waals surface area contributed by atoms with Crippen LogP contribution in [0.25, 0.3) is 0 Å². The smallest absolute Gasteiger partial charge is 0.246 e. The molecule has 8 heteroatoms. The van der Waals surface area contributed by atoms with E-state index >= 15 is 0 Å². The highest BCUT2D eigenvalue weighted by Crippen LogP contribution is 2.20. The summed E-state index contributed by atoms with van der Waals surface area (Å²) < 4.78 is 63.9. The molecule has 0 amide bonds. The van der Waals surface area contributed by atoms with Crippen molar-refractivity contribution in [1.82, 2.24) is 4.72 Å². The number of aliphatic hydroxyl groups is 1. The summed E-state index contributed by atoms with van der Waals surface area (Å²) in [5.74, 6) is -4.27. The molecule has 0 saturated heterocycles. The molecule has 0 aromatic heterocycles. The summed E-state index contributed by atoms with van der Waals surface area (Å²) in [6.07, 6.45) is 0. The van der Waals surface area contributed by atoms with Gasteiger partial charge in [-0.05, 0) is 6.92 Å². The maximum atomic E-state index is 13.2. The molecule has 0 radical (unpaired) electrons. The lowest BCUT2D eigenvalue weighted by Crippen LogP contribution is -2.36. The number of halogens is 3. The number of sulfonamides is 1. The summed E-state index contributed by atoms with van der Waals surface area (Å²) in [6, 6.07) is -0.383. The first-order chi connectivity index (χ1) is 7.77. The van der Waals surface area contributed by atoms with Gasteiger partial charge in [0.15, 0.2) is 4.90 Å². The fourth-order valence-corrected chi connectivity index (χ4v) is 2.50. The van der Waals surface area contributed by atoms with Gasteiger partial charge in [0.05, 0.1) is 6.61 Å². The summed E-state index contributed by atoms with van der Waals surface area (Å²) in [5, 5.41) is 8.65. The lowest BCUT2D eigenvalue weighted by molar-refractivity contribution is 0.265. The quantitative estimate of drug-likeness (QED) is 0.848. The molecule has 1 rings (SSSR count). The summed E-state index contributed by atoms with van der Waals surface area (Å²) in [6.45, 7) is 0.764. The maximum absolute atomic E-state index is 13.2. The van der Waals surface area contributed by atoms with Gasteiger partial charge in [0.25, 0.3) is 0 Å². The number of hydrogen-bond donors (Lipinski definition) is 2. The van der Waals surface area contributed by atoms with Gasteiger partial charge < -0.3 is 5.11 Å². The third kappa shape index (κ3) is 3.18. The van der Waals surface area contributed by atoms with Gasteiger partial charge in [-0.1, -0.05) is 0 Å². The standard InChI is InChI=1S/C9H10F3NO3S/c1-5(4-14)13-17(15,16)9-7(11)2-6(10)3-8(9)12/h2-3,5,13-14H,4H2,1H3. The molecule has 0 bridgehead atoms. The van der Waals surface area contributed by atoms with Crippen molar-refractivity contribution in [1.29, 1.82) is 0 Å². The second-order valence-electron chi connectivity index (χ2n) is 3.40. The second-order valence-corrected chi connectivity index (χ2v) is 5.05. The molecule has 0 aliphatic rings. The van der Waals surface area contributed by atoms with Crippen molar-refractivity contribution in [2.24, 2.45) is 0 Å². The summed E-state index contributed by atoms with van der Waals surface area (Å²) >= 11 is 0. The first kappa shape index (κ1) is 13.9. The van der Waals surface area contributed by atoms with Crippen molar-refractivity contribution in [3.8, 4) is 0 Å². The zero-order chi connectivity index (χ0) is 13.2. The Balaban J connectivity index is 3.25. The van der Waals surface area contributed by atoms with Crippen LogP contribution >= 0.6 is 0 Å². The van der Waals surface area contributed by atoms with Crippen LogP contribution in [0.4, 0.5) is 13.2 Å². The van der Waals surface area contributed by atoms with Crippen molar-refractivity contribution in [2.45, 2.75) is 17.9 Å². The minimum Gasteiger partial charge on any atom is -0.395 e. The summed E-state index contributed by atoms with van der Waals surface area (Å²) in [7, 11) is -4.48. The Bertz CT molecular complexity index is 495. The highest BCUT2D eigenvalue weighted by molar-refractivity contribution is 7.89. The number of rotatable bonds is 4. The van der Waals surface area contributed by atoms with Crippen LogP contribution in [-0.4, -0.2) is 26.2 Å².